The van der Waals surface area contributed by atoms with E-state index in [9.17, 15) is 24.5 Å². The largest absolute Gasteiger partial charge is 0.321 e. The molecular weight excluding hydrogens is 693 g/mol. The number of carbonyl (C=O) groups excluding carboxylic acids is 3. The first kappa shape index (κ1) is 34.3. The van der Waals surface area contributed by atoms with Gasteiger partial charge in [-0.3, -0.25) is 24.5 Å². The number of carbonyl (C=O) groups is 3. The van der Waals surface area contributed by atoms with Gasteiger partial charge in [0.1, 0.15) is 5.70 Å². The highest BCUT2D eigenvalue weighted by Gasteiger charge is 2.20. The zero-order chi connectivity index (χ0) is 34.2. The zero-order valence-electron chi connectivity index (χ0n) is 25.0. The Morgan fingerprint density at radius 1 is 0.917 bits per heavy atom. The summed E-state index contributed by atoms with van der Waals surface area (Å²) in [6.07, 6.45) is 1.26. The van der Waals surface area contributed by atoms with E-state index in [2.05, 4.69) is 20.9 Å². The minimum Gasteiger partial charge on any atom is -0.321 e. The quantitative estimate of drug-likeness (QED) is 0.0538. The number of hydrogen-bond acceptors (Lipinski definition) is 8. The first-order valence-electron chi connectivity index (χ1n) is 14.2. The number of thioether (sulfide) groups is 1. The van der Waals surface area contributed by atoms with E-state index in [1.54, 1.807) is 85.8 Å². The molecule has 0 aliphatic carbocycles. The molecule has 3 amide bonds. The second-order valence-corrected chi connectivity index (χ2v) is 13.2. The van der Waals surface area contributed by atoms with Crippen molar-refractivity contribution in [2.75, 3.05) is 10.6 Å². The number of anilines is 2. The van der Waals surface area contributed by atoms with Crippen LogP contribution in [0.4, 0.5) is 16.5 Å². The molecule has 14 heteroatoms. The van der Waals surface area contributed by atoms with Crippen LogP contribution in [0.2, 0.25) is 10.0 Å². The number of nitrogens with zero attached hydrogens (tertiary/aromatic N) is 2. The molecule has 242 valence electrons. The van der Waals surface area contributed by atoms with Crippen molar-refractivity contribution < 1.29 is 19.3 Å². The number of nitro groups is 1. The lowest BCUT2D eigenvalue weighted by Gasteiger charge is -2.13. The van der Waals surface area contributed by atoms with Gasteiger partial charge in [-0.05, 0) is 67.6 Å². The molecule has 1 unspecified atom stereocenters. The number of aromatic nitrogens is 1. The normalized spacial score (nSPS) is 11.8. The number of para-hydroxylation sites is 1. The SMILES string of the molecule is CC(Sc1ccc(NC(=O)/C(=C/c2ccccc2[N+](=O)[O-])NC(=O)c2ccccc2)cc1)C(=O)Nc1nc(-c2ccc(Cl)c(Cl)c2)cs1. The Bertz CT molecular complexity index is 2020. The third kappa shape index (κ3) is 8.87. The van der Waals surface area contributed by atoms with Crippen molar-refractivity contribution in [3.8, 4) is 11.3 Å². The average molecular weight is 719 g/mol. The lowest BCUT2D eigenvalue weighted by Crippen LogP contribution is -2.30. The Morgan fingerprint density at radius 2 is 1.62 bits per heavy atom. The first-order chi connectivity index (χ1) is 23.1. The maximum Gasteiger partial charge on any atom is 0.276 e. The molecule has 1 aromatic heterocycles. The van der Waals surface area contributed by atoms with Crippen LogP contribution < -0.4 is 16.0 Å². The molecule has 0 saturated heterocycles. The van der Waals surface area contributed by atoms with Gasteiger partial charge in [-0.25, -0.2) is 4.98 Å². The predicted octanol–water partition coefficient (Wildman–Crippen LogP) is 8.55. The Kier molecular flexibility index (Phi) is 11.2. The van der Waals surface area contributed by atoms with Gasteiger partial charge >= 0.3 is 0 Å². The molecule has 4 aromatic carbocycles. The van der Waals surface area contributed by atoms with Gasteiger partial charge < -0.3 is 16.0 Å². The van der Waals surface area contributed by atoms with E-state index in [0.29, 0.717) is 32.1 Å². The predicted molar refractivity (Wildman–Crippen MR) is 192 cm³/mol. The van der Waals surface area contributed by atoms with Crippen LogP contribution in [0.5, 0.6) is 0 Å². The van der Waals surface area contributed by atoms with Crippen molar-refractivity contribution in [1.82, 2.24) is 10.3 Å². The zero-order valence-corrected chi connectivity index (χ0v) is 28.1. The third-order valence-electron chi connectivity index (χ3n) is 6.71. The molecule has 3 N–H and O–H groups in total. The Balaban J connectivity index is 1.24. The van der Waals surface area contributed by atoms with Gasteiger partial charge in [-0.2, -0.15) is 0 Å². The maximum atomic E-state index is 13.4. The van der Waals surface area contributed by atoms with E-state index in [1.807, 2.05) is 5.38 Å². The van der Waals surface area contributed by atoms with Crippen molar-refractivity contribution in [2.24, 2.45) is 0 Å². The molecule has 5 aromatic rings. The smallest absolute Gasteiger partial charge is 0.276 e. The molecule has 48 heavy (non-hydrogen) atoms. The van der Waals surface area contributed by atoms with Crippen LogP contribution in [0.1, 0.15) is 22.8 Å². The first-order valence-corrected chi connectivity index (χ1v) is 16.7. The summed E-state index contributed by atoms with van der Waals surface area (Å²) >= 11 is 14.7. The molecule has 0 aliphatic rings. The molecule has 0 bridgehead atoms. The summed E-state index contributed by atoms with van der Waals surface area (Å²) in [5, 5.41) is 22.3. The number of hydrogen-bond donors (Lipinski definition) is 3. The number of amides is 3. The maximum absolute atomic E-state index is 13.4. The fourth-order valence-corrected chi connectivity index (χ4v) is 6.16. The standard InChI is InChI=1S/C34H25Cl2N5O5S2/c1-20(31(42)40-34-39-29(19-47-34)22-11-16-26(35)27(36)17-22)48-25-14-12-24(13-15-25)37-33(44)28(38-32(43)21-7-3-2-4-8-21)18-23-9-5-6-10-30(23)41(45)46/h2-20H,1H3,(H,37,44)(H,38,43)(H,39,40,42)/b28-18-. The minimum atomic E-state index is -0.686. The lowest BCUT2D eigenvalue weighted by molar-refractivity contribution is -0.385. The van der Waals surface area contributed by atoms with E-state index >= 15 is 0 Å². The Hall–Kier alpha value is -5.01. The second-order valence-electron chi connectivity index (χ2n) is 10.1. The van der Waals surface area contributed by atoms with Gasteiger partial charge in [0.05, 0.1) is 31.5 Å². The molecule has 0 saturated carbocycles. The summed E-state index contributed by atoms with van der Waals surface area (Å²) in [5.41, 5.74) is 1.87. The molecule has 1 atom stereocenters. The summed E-state index contributed by atoms with van der Waals surface area (Å²) in [5.74, 6) is -1.49. The number of thiazole rings is 1. The van der Waals surface area contributed by atoms with E-state index in [0.717, 1.165) is 10.5 Å². The van der Waals surface area contributed by atoms with Crippen LogP contribution in [0, 0.1) is 10.1 Å². The molecule has 0 spiro atoms. The van der Waals surface area contributed by atoms with Crippen molar-refractivity contribution >= 4 is 86.6 Å². The van der Waals surface area contributed by atoms with Crippen LogP contribution in [-0.2, 0) is 9.59 Å². The van der Waals surface area contributed by atoms with Gasteiger partial charge in [-0.1, -0.05) is 59.6 Å². The number of benzene rings is 4. The Morgan fingerprint density at radius 3 is 2.33 bits per heavy atom. The summed E-state index contributed by atoms with van der Waals surface area (Å²) < 4.78 is 0. The molecule has 0 radical (unpaired) electrons. The summed E-state index contributed by atoms with van der Waals surface area (Å²) in [6.45, 7) is 1.76. The third-order valence-corrected chi connectivity index (χ3v) is 9.31. The lowest BCUT2D eigenvalue weighted by atomic mass is 10.1. The van der Waals surface area contributed by atoms with E-state index in [4.69, 9.17) is 23.2 Å². The number of nitrogens with one attached hydrogen (secondary N) is 3. The van der Waals surface area contributed by atoms with Gasteiger partial charge in [0.2, 0.25) is 5.91 Å². The van der Waals surface area contributed by atoms with Gasteiger partial charge in [0, 0.05) is 33.2 Å². The summed E-state index contributed by atoms with van der Waals surface area (Å²) in [6, 6.07) is 26.1. The highest BCUT2D eigenvalue weighted by Crippen LogP contribution is 2.31. The van der Waals surface area contributed by atoms with E-state index < -0.39 is 22.0 Å². The molecule has 1 heterocycles. The summed E-state index contributed by atoms with van der Waals surface area (Å²) in [7, 11) is 0. The number of halogens is 2. The average Bonchev–Trinajstić information content (AvgIpc) is 3.55. The molecule has 0 fully saturated rings. The highest BCUT2D eigenvalue weighted by atomic mass is 35.5. The highest BCUT2D eigenvalue weighted by molar-refractivity contribution is 8.00. The van der Waals surface area contributed by atoms with Gasteiger partial charge in [-0.15, -0.1) is 23.1 Å². The molecule has 5 rings (SSSR count). The van der Waals surface area contributed by atoms with E-state index in [-0.39, 0.29) is 22.9 Å². The van der Waals surface area contributed by atoms with Crippen LogP contribution in [0.25, 0.3) is 17.3 Å². The number of rotatable bonds is 11. The monoisotopic (exact) mass is 717 g/mol. The van der Waals surface area contributed by atoms with Crippen LogP contribution in [0.15, 0.2) is 113 Å². The van der Waals surface area contributed by atoms with Crippen molar-refractivity contribution in [3.05, 3.63) is 139 Å². The Labute approximate surface area is 293 Å². The topological polar surface area (TPSA) is 143 Å². The van der Waals surface area contributed by atoms with Gasteiger partial charge in [0.25, 0.3) is 17.5 Å². The van der Waals surface area contributed by atoms with Crippen LogP contribution in [0.3, 0.4) is 0 Å². The molecule has 10 nitrogen and oxygen atoms in total. The second kappa shape index (κ2) is 15.7. The minimum absolute atomic E-state index is 0.142. The van der Waals surface area contributed by atoms with Crippen molar-refractivity contribution in [3.63, 3.8) is 0 Å². The van der Waals surface area contributed by atoms with Crippen LogP contribution in [-0.4, -0.2) is 32.9 Å². The number of nitro benzene ring substituents is 1. The van der Waals surface area contributed by atoms with Crippen molar-refractivity contribution in [2.45, 2.75) is 17.1 Å². The molecular formula is C34H25Cl2N5O5S2. The molecule has 0 aliphatic heterocycles. The van der Waals surface area contributed by atoms with Gasteiger partial charge in [0.15, 0.2) is 5.13 Å². The van der Waals surface area contributed by atoms with Crippen LogP contribution >= 0.6 is 46.3 Å². The fraction of sp³-hybridized carbons (Fsp3) is 0.0588. The van der Waals surface area contributed by atoms with E-state index in [1.165, 1.54) is 47.4 Å². The fourth-order valence-electron chi connectivity index (χ4n) is 4.27. The van der Waals surface area contributed by atoms with Crippen molar-refractivity contribution in [1.29, 1.82) is 0 Å². The summed E-state index contributed by atoms with van der Waals surface area (Å²) in [4.78, 5) is 55.5.